The predicted octanol–water partition coefficient (Wildman–Crippen LogP) is 1.49. The molecule has 0 unspecified atom stereocenters. The van der Waals surface area contributed by atoms with Gasteiger partial charge < -0.3 is 5.32 Å². The number of rotatable bonds is 4. The van der Waals surface area contributed by atoms with Gasteiger partial charge in [-0.3, -0.25) is 0 Å². The summed E-state index contributed by atoms with van der Waals surface area (Å²) in [5, 5.41) is 3.90. The quantitative estimate of drug-likeness (QED) is 0.517. The molecule has 0 aromatic rings. The van der Waals surface area contributed by atoms with Gasteiger partial charge in [-0.15, -0.1) is 0 Å². The second kappa shape index (κ2) is 4.82. The first-order chi connectivity index (χ1) is 5.38. The molecule has 0 bridgehead atoms. The van der Waals surface area contributed by atoms with Gasteiger partial charge in [0.05, 0.1) is 0 Å². The Morgan fingerprint density at radius 3 is 2.25 bits per heavy atom. The van der Waals surface area contributed by atoms with Gasteiger partial charge in [-0.1, -0.05) is 39.3 Å². The van der Waals surface area contributed by atoms with Crippen LogP contribution in [0.4, 0.5) is 0 Å². The molecule has 1 N–H and O–H groups in total. The third kappa shape index (κ3) is 4.73. The molecule has 0 aliphatic heterocycles. The Labute approximate surface area is 80.1 Å². The van der Waals surface area contributed by atoms with E-state index in [2.05, 4.69) is 46.0 Å². The molecule has 0 aliphatic rings. The van der Waals surface area contributed by atoms with Gasteiger partial charge in [-0.2, -0.15) is 0 Å². The Hall–Kier alpha value is -0.0831. The van der Waals surface area contributed by atoms with Crippen molar-refractivity contribution in [2.45, 2.75) is 45.7 Å². The predicted molar refractivity (Wildman–Crippen MR) is 60.9 cm³/mol. The highest BCUT2D eigenvalue weighted by atomic mass is 28.1. The highest BCUT2D eigenvalue weighted by Crippen LogP contribution is 2.28. The van der Waals surface area contributed by atoms with E-state index in [1.54, 1.807) is 5.57 Å². The molecule has 72 valence electrons. The Kier molecular flexibility index (Phi) is 4.79. The summed E-state index contributed by atoms with van der Waals surface area (Å²) in [6, 6.07) is 0.587. The summed E-state index contributed by atoms with van der Waals surface area (Å²) >= 11 is 0. The largest absolute Gasteiger partial charge is 0.311 e. The zero-order chi connectivity index (χ0) is 9.78. The summed E-state index contributed by atoms with van der Waals surface area (Å²) in [5.74, 6) is 0. The molecule has 0 amide bonds. The minimum Gasteiger partial charge on any atom is -0.311 e. The molecule has 0 saturated heterocycles. The molecule has 0 spiro atoms. The highest BCUT2D eigenvalue weighted by molar-refractivity contribution is 6.16. The number of allylic oxidation sites excluding steroid dienone is 1. The lowest BCUT2D eigenvalue weighted by atomic mass is 10.0. The van der Waals surface area contributed by atoms with E-state index in [4.69, 9.17) is 0 Å². The van der Waals surface area contributed by atoms with Gasteiger partial charge in [0.15, 0.2) is 0 Å². The SMILES string of the molecule is CC=C(CNC(C)C)C(C)(C)[SiH3]. The molecule has 0 aromatic carbocycles. The average molecular weight is 185 g/mol. The minimum atomic E-state index is 0.441. The Balaban J connectivity index is 4.04. The zero-order valence-electron chi connectivity index (χ0n) is 9.36. The summed E-state index contributed by atoms with van der Waals surface area (Å²) in [5.41, 5.74) is 1.54. The van der Waals surface area contributed by atoms with Crippen LogP contribution in [0.15, 0.2) is 11.6 Å². The van der Waals surface area contributed by atoms with Crippen LogP contribution >= 0.6 is 0 Å². The van der Waals surface area contributed by atoms with Crippen LogP contribution in [-0.4, -0.2) is 22.8 Å². The first kappa shape index (κ1) is 11.9. The summed E-state index contributed by atoms with van der Waals surface area (Å²) in [4.78, 5) is 0. The van der Waals surface area contributed by atoms with Crippen molar-refractivity contribution in [2.75, 3.05) is 6.54 Å². The monoisotopic (exact) mass is 185 g/mol. The Morgan fingerprint density at radius 2 is 2.00 bits per heavy atom. The van der Waals surface area contributed by atoms with Crippen molar-refractivity contribution in [2.24, 2.45) is 0 Å². The summed E-state index contributed by atoms with van der Waals surface area (Å²) in [6.45, 7) is 12.2. The molecule has 0 atom stereocenters. The van der Waals surface area contributed by atoms with Gasteiger partial charge in [0.2, 0.25) is 0 Å². The normalized spacial score (nSPS) is 14.3. The van der Waals surface area contributed by atoms with Gasteiger partial charge in [-0.05, 0) is 12.0 Å². The first-order valence-corrected chi connectivity index (χ1v) is 5.77. The second-order valence-electron chi connectivity index (χ2n) is 4.60. The number of hydrogen-bond donors (Lipinski definition) is 1. The molecule has 12 heavy (non-hydrogen) atoms. The van der Waals surface area contributed by atoms with Crippen LogP contribution < -0.4 is 5.32 Å². The fourth-order valence-electron chi connectivity index (χ4n) is 1.11. The summed E-state index contributed by atoms with van der Waals surface area (Å²) in [6.07, 6.45) is 2.25. The first-order valence-electron chi connectivity index (χ1n) is 4.77. The minimum absolute atomic E-state index is 0.441. The molecule has 0 saturated carbocycles. The van der Waals surface area contributed by atoms with E-state index in [-0.39, 0.29) is 0 Å². The van der Waals surface area contributed by atoms with Gasteiger partial charge in [0.25, 0.3) is 0 Å². The van der Waals surface area contributed by atoms with E-state index >= 15 is 0 Å². The smallest absolute Gasteiger partial charge is 0.0168 e. The van der Waals surface area contributed by atoms with E-state index in [9.17, 15) is 0 Å². The molecule has 0 radical (unpaired) electrons. The van der Waals surface area contributed by atoms with Crippen molar-refractivity contribution in [1.29, 1.82) is 0 Å². The number of nitrogens with one attached hydrogen (secondary N) is 1. The van der Waals surface area contributed by atoms with Gasteiger partial charge >= 0.3 is 0 Å². The van der Waals surface area contributed by atoms with Crippen molar-refractivity contribution >= 4 is 10.2 Å². The van der Waals surface area contributed by atoms with Crippen LogP contribution in [0.2, 0.25) is 5.04 Å². The zero-order valence-corrected chi connectivity index (χ0v) is 11.4. The third-order valence-corrected chi connectivity index (χ3v) is 2.65. The van der Waals surface area contributed by atoms with Crippen LogP contribution in [0.1, 0.15) is 34.6 Å². The lowest BCUT2D eigenvalue weighted by Crippen LogP contribution is -2.28. The van der Waals surface area contributed by atoms with E-state index in [1.807, 2.05) is 0 Å². The standard InChI is InChI=1S/C10H23NSi/c1-6-9(10(4,5)12)7-11-8(2)3/h6,8,11H,7H2,1-5,12H3. The van der Waals surface area contributed by atoms with Crippen LogP contribution in [0.3, 0.4) is 0 Å². The van der Waals surface area contributed by atoms with Crippen LogP contribution in [-0.2, 0) is 0 Å². The maximum absolute atomic E-state index is 3.46. The highest BCUT2D eigenvalue weighted by Gasteiger charge is 2.15. The van der Waals surface area contributed by atoms with Crippen molar-refractivity contribution in [3.8, 4) is 0 Å². The second-order valence-corrected chi connectivity index (χ2v) is 7.10. The van der Waals surface area contributed by atoms with Crippen molar-refractivity contribution < 1.29 is 0 Å². The van der Waals surface area contributed by atoms with E-state index in [1.165, 1.54) is 10.2 Å². The molecule has 0 rings (SSSR count). The van der Waals surface area contributed by atoms with Gasteiger partial charge in [0, 0.05) is 22.8 Å². The Bertz CT molecular complexity index is 154. The van der Waals surface area contributed by atoms with Gasteiger partial charge in [-0.25, -0.2) is 0 Å². The molecule has 0 aromatic heterocycles. The lowest BCUT2D eigenvalue weighted by molar-refractivity contribution is 0.595. The van der Waals surface area contributed by atoms with Crippen LogP contribution in [0, 0.1) is 0 Å². The molecular weight excluding hydrogens is 162 g/mol. The molecule has 0 heterocycles. The van der Waals surface area contributed by atoms with Crippen molar-refractivity contribution in [1.82, 2.24) is 5.32 Å². The number of hydrogen-bond acceptors (Lipinski definition) is 1. The molecular formula is C10H23NSi. The topological polar surface area (TPSA) is 12.0 Å². The van der Waals surface area contributed by atoms with Crippen LogP contribution in [0.25, 0.3) is 0 Å². The molecule has 0 aliphatic carbocycles. The average Bonchev–Trinajstić information content (AvgIpc) is 1.85. The van der Waals surface area contributed by atoms with Crippen molar-refractivity contribution in [3.63, 3.8) is 0 Å². The molecule has 0 fully saturated rings. The molecule has 1 nitrogen and oxygen atoms in total. The van der Waals surface area contributed by atoms with E-state index in [0.717, 1.165) is 6.54 Å². The maximum Gasteiger partial charge on any atom is 0.0168 e. The lowest BCUT2D eigenvalue weighted by Gasteiger charge is -2.24. The summed E-state index contributed by atoms with van der Waals surface area (Å²) < 4.78 is 0. The summed E-state index contributed by atoms with van der Waals surface area (Å²) in [7, 11) is 1.22. The van der Waals surface area contributed by atoms with Gasteiger partial charge in [0.1, 0.15) is 0 Å². The van der Waals surface area contributed by atoms with E-state index < -0.39 is 0 Å². The fourth-order valence-corrected chi connectivity index (χ4v) is 1.58. The molecule has 2 heteroatoms. The van der Waals surface area contributed by atoms with Crippen molar-refractivity contribution in [3.05, 3.63) is 11.6 Å². The fraction of sp³-hybridized carbons (Fsp3) is 0.800. The third-order valence-electron chi connectivity index (χ3n) is 2.01. The van der Waals surface area contributed by atoms with E-state index in [0.29, 0.717) is 11.1 Å². The Morgan fingerprint density at radius 1 is 1.50 bits per heavy atom. The maximum atomic E-state index is 3.46. The van der Waals surface area contributed by atoms with Crippen LogP contribution in [0.5, 0.6) is 0 Å².